The van der Waals surface area contributed by atoms with Crippen molar-refractivity contribution in [2.45, 2.75) is 18.5 Å². The Bertz CT molecular complexity index is 612. The number of imidazole rings is 1. The molecule has 8 heteroatoms. The van der Waals surface area contributed by atoms with Crippen LogP contribution < -0.4 is 5.32 Å². The van der Waals surface area contributed by atoms with Crippen LogP contribution in [0.4, 0.5) is 13.2 Å². The zero-order valence-corrected chi connectivity index (χ0v) is 11.9. The Hall–Kier alpha value is -1.70. The van der Waals surface area contributed by atoms with E-state index in [4.69, 9.17) is 0 Å². The van der Waals surface area contributed by atoms with Crippen molar-refractivity contribution in [3.8, 4) is 0 Å². The number of hydrogen-bond donors (Lipinski definition) is 1. The lowest BCUT2D eigenvalue weighted by atomic mass is 10.3. The zero-order valence-electron chi connectivity index (χ0n) is 11.1. The monoisotopic (exact) mass is 317 g/mol. The van der Waals surface area contributed by atoms with Crippen LogP contribution >= 0.6 is 11.8 Å². The first-order chi connectivity index (χ1) is 9.96. The Morgan fingerprint density at radius 2 is 2.10 bits per heavy atom. The van der Waals surface area contributed by atoms with Crippen LogP contribution in [0.2, 0.25) is 0 Å². The quantitative estimate of drug-likeness (QED) is 0.834. The zero-order chi connectivity index (χ0) is 15.3. The van der Waals surface area contributed by atoms with Crippen LogP contribution in [0.1, 0.15) is 6.42 Å². The summed E-state index contributed by atoms with van der Waals surface area (Å²) in [5.41, 5.74) is -2.47. The molecule has 0 aliphatic carbocycles. The summed E-state index contributed by atoms with van der Waals surface area (Å²) in [7, 11) is 0. The molecule has 0 radical (unpaired) electrons. The second kappa shape index (κ2) is 6.84. The predicted molar refractivity (Wildman–Crippen MR) is 75.9 cm³/mol. The van der Waals surface area contributed by atoms with E-state index in [-0.39, 0.29) is 36.4 Å². The average molecular weight is 317 g/mol. The molecule has 2 aromatic rings. The molecule has 0 unspecified atom stereocenters. The van der Waals surface area contributed by atoms with Crippen molar-refractivity contribution in [1.82, 2.24) is 14.9 Å². The SMILES string of the molecule is O=C(CCn1cnc2ccccc21)NCCSC(F)(F)F. The van der Waals surface area contributed by atoms with Gasteiger partial charge in [-0.3, -0.25) is 4.79 Å². The molecule has 1 aromatic carbocycles. The van der Waals surface area contributed by atoms with E-state index < -0.39 is 5.51 Å². The highest BCUT2D eigenvalue weighted by Gasteiger charge is 2.27. The number of nitrogens with zero attached hydrogens (tertiary/aromatic N) is 2. The van der Waals surface area contributed by atoms with Gasteiger partial charge in [-0.25, -0.2) is 4.98 Å². The van der Waals surface area contributed by atoms with Gasteiger partial charge >= 0.3 is 5.51 Å². The van der Waals surface area contributed by atoms with E-state index in [2.05, 4.69) is 10.3 Å². The van der Waals surface area contributed by atoms with Gasteiger partial charge in [0.25, 0.3) is 0 Å². The number of carbonyl (C=O) groups excluding carboxylic acids is 1. The van der Waals surface area contributed by atoms with Gasteiger partial charge in [-0.2, -0.15) is 13.2 Å². The van der Waals surface area contributed by atoms with Crippen molar-refractivity contribution in [2.75, 3.05) is 12.3 Å². The molecule has 0 aliphatic heterocycles. The number of carbonyl (C=O) groups is 1. The molecule has 1 N–H and O–H groups in total. The summed E-state index contributed by atoms with van der Waals surface area (Å²) in [5, 5.41) is 2.47. The minimum absolute atomic E-state index is 0.00763. The summed E-state index contributed by atoms with van der Waals surface area (Å²) in [4.78, 5) is 15.8. The molecule has 114 valence electrons. The standard InChI is InChI=1S/C13H14F3N3OS/c14-13(15,16)21-8-6-17-12(20)5-7-19-9-18-10-3-1-2-4-11(10)19/h1-4,9H,5-8H2,(H,17,20). The predicted octanol–water partition coefficient (Wildman–Crippen LogP) is 2.80. The molecule has 0 atom stereocenters. The van der Waals surface area contributed by atoms with E-state index in [1.54, 1.807) is 6.33 Å². The Balaban J connectivity index is 1.74. The first-order valence-electron chi connectivity index (χ1n) is 6.33. The lowest BCUT2D eigenvalue weighted by Gasteiger charge is -2.08. The molecule has 0 saturated heterocycles. The number of rotatable bonds is 6. The second-order valence-electron chi connectivity index (χ2n) is 4.32. The van der Waals surface area contributed by atoms with Crippen LogP contribution in [0.5, 0.6) is 0 Å². The molecule has 4 nitrogen and oxygen atoms in total. The van der Waals surface area contributed by atoms with Gasteiger partial charge in [-0.1, -0.05) is 12.1 Å². The van der Waals surface area contributed by atoms with Gasteiger partial charge in [0.05, 0.1) is 17.4 Å². The summed E-state index contributed by atoms with van der Waals surface area (Å²) in [6.07, 6.45) is 1.86. The van der Waals surface area contributed by atoms with E-state index >= 15 is 0 Å². The molecule has 0 spiro atoms. The topological polar surface area (TPSA) is 46.9 Å². The van der Waals surface area contributed by atoms with Gasteiger partial charge in [0.15, 0.2) is 0 Å². The van der Waals surface area contributed by atoms with Gasteiger partial charge in [0.2, 0.25) is 5.91 Å². The van der Waals surface area contributed by atoms with Crippen molar-refractivity contribution in [2.24, 2.45) is 0 Å². The second-order valence-corrected chi connectivity index (χ2v) is 5.48. The molecule has 0 aliphatic rings. The minimum atomic E-state index is -4.25. The van der Waals surface area contributed by atoms with E-state index in [1.165, 1.54) is 0 Å². The molecular weight excluding hydrogens is 303 g/mol. The van der Waals surface area contributed by atoms with Gasteiger partial charge in [-0.15, -0.1) is 0 Å². The molecular formula is C13H14F3N3OS. The fraction of sp³-hybridized carbons (Fsp3) is 0.385. The van der Waals surface area contributed by atoms with Crippen molar-refractivity contribution < 1.29 is 18.0 Å². The van der Waals surface area contributed by atoms with E-state index in [1.807, 2.05) is 28.8 Å². The van der Waals surface area contributed by atoms with E-state index in [0.29, 0.717) is 6.54 Å². The smallest absolute Gasteiger partial charge is 0.355 e. The molecule has 21 heavy (non-hydrogen) atoms. The third-order valence-corrected chi connectivity index (χ3v) is 3.53. The maximum Gasteiger partial charge on any atom is 0.441 e. The molecule has 1 aromatic heterocycles. The highest BCUT2D eigenvalue weighted by molar-refractivity contribution is 8.00. The number of thioether (sulfide) groups is 1. The number of alkyl halides is 3. The Labute approximate surface area is 123 Å². The number of fused-ring (bicyclic) bond motifs is 1. The largest absolute Gasteiger partial charge is 0.441 e. The molecule has 0 fully saturated rings. The summed E-state index contributed by atoms with van der Waals surface area (Å²) < 4.78 is 37.6. The highest BCUT2D eigenvalue weighted by Crippen LogP contribution is 2.29. The number of nitrogens with one attached hydrogen (secondary N) is 1. The van der Waals surface area contributed by atoms with Gasteiger partial charge in [0, 0.05) is 25.3 Å². The summed E-state index contributed by atoms with van der Waals surface area (Å²) in [6, 6.07) is 7.54. The van der Waals surface area contributed by atoms with Gasteiger partial charge in [0.1, 0.15) is 0 Å². The van der Waals surface area contributed by atoms with Gasteiger partial charge < -0.3 is 9.88 Å². The Morgan fingerprint density at radius 3 is 2.86 bits per heavy atom. The summed E-state index contributed by atoms with van der Waals surface area (Å²) in [5.74, 6) is -0.445. The summed E-state index contributed by atoms with van der Waals surface area (Å²) >= 11 is -0.137. The van der Waals surface area contributed by atoms with Crippen LogP contribution in [0, 0.1) is 0 Å². The van der Waals surface area contributed by atoms with Crippen LogP contribution in [0.3, 0.4) is 0 Å². The third kappa shape index (κ3) is 4.96. The number of benzene rings is 1. The normalized spacial score (nSPS) is 11.8. The molecule has 1 heterocycles. The maximum absolute atomic E-state index is 11.9. The molecule has 1 amide bonds. The Morgan fingerprint density at radius 1 is 1.33 bits per heavy atom. The van der Waals surface area contributed by atoms with Crippen molar-refractivity contribution in [3.05, 3.63) is 30.6 Å². The lowest BCUT2D eigenvalue weighted by Crippen LogP contribution is -2.27. The van der Waals surface area contributed by atoms with Crippen LogP contribution in [-0.4, -0.2) is 33.3 Å². The number of halogens is 3. The molecule has 0 bridgehead atoms. The average Bonchev–Trinajstić information content (AvgIpc) is 2.84. The minimum Gasteiger partial charge on any atom is -0.355 e. The first kappa shape index (κ1) is 15.7. The van der Waals surface area contributed by atoms with E-state index in [0.717, 1.165) is 11.0 Å². The highest BCUT2D eigenvalue weighted by atomic mass is 32.2. The number of hydrogen-bond acceptors (Lipinski definition) is 3. The fourth-order valence-corrected chi connectivity index (χ4v) is 2.29. The maximum atomic E-state index is 11.9. The van der Waals surface area contributed by atoms with Crippen molar-refractivity contribution >= 4 is 28.7 Å². The van der Waals surface area contributed by atoms with Crippen molar-refractivity contribution in [1.29, 1.82) is 0 Å². The van der Waals surface area contributed by atoms with Crippen molar-refractivity contribution in [3.63, 3.8) is 0 Å². The Kier molecular flexibility index (Phi) is 5.11. The third-order valence-electron chi connectivity index (χ3n) is 2.80. The van der Waals surface area contributed by atoms with Gasteiger partial charge in [-0.05, 0) is 23.9 Å². The summed E-state index contributed by atoms with van der Waals surface area (Å²) in [6.45, 7) is 0.451. The fourth-order valence-electron chi connectivity index (χ4n) is 1.86. The molecule has 2 rings (SSSR count). The lowest BCUT2D eigenvalue weighted by molar-refractivity contribution is -0.121. The number of amides is 1. The molecule has 0 saturated carbocycles. The van der Waals surface area contributed by atoms with Crippen LogP contribution in [-0.2, 0) is 11.3 Å². The number of para-hydroxylation sites is 2. The van der Waals surface area contributed by atoms with Crippen LogP contribution in [0.15, 0.2) is 30.6 Å². The van der Waals surface area contributed by atoms with E-state index in [9.17, 15) is 18.0 Å². The number of aromatic nitrogens is 2. The number of aryl methyl sites for hydroxylation is 1. The van der Waals surface area contributed by atoms with Crippen LogP contribution in [0.25, 0.3) is 11.0 Å². The first-order valence-corrected chi connectivity index (χ1v) is 7.31.